The van der Waals surface area contributed by atoms with Crippen LogP contribution in [0.4, 0.5) is 0 Å². The van der Waals surface area contributed by atoms with Crippen molar-refractivity contribution in [3.63, 3.8) is 0 Å². The maximum absolute atomic E-state index is 2.36. The molecule has 0 spiro atoms. The molecule has 138 heavy (non-hydrogen) atoms. The van der Waals surface area contributed by atoms with Gasteiger partial charge < -0.3 is 18.3 Å². The molecule has 0 N–H and O–H groups in total. The molecule has 0 bridgehead atoms. The summed E-state index contributed by atoms with van der Waals surface area (Å²) >= 11 is 0. The second kappa shape index (κ2) is 38.5. The van der Waals surface area contributed by atoms with Gasteiger partial charge in [0, 0.05) is 65.8 Å². The third-order valence-electron chi connectivity index (χ3n) is 27.5. The predicted molar refractivity (Wildman–Crippen MR) is 589 cm³/mol. The average Bonchev–Trinajstić information content (AvgIpc) is 1.61. The van der Waals surface area contributed by atoms with Crippen LogP contribution < -0.4 is 0 Å². The number of para-hydroxylation sites is 8. The molecule has 0 fully saturated rings. The first-order valence-electron chi connectivity index (χ1n) is 48.5. The summed E-state index contributed by atoms with van der Waals surface area (Å²) in [5.41, 5.74) is 41.3. The minimum Gasteiger partial charge on any atom is -0.309 e. The Morgan fingerprint density at radius 2 is 0.420 bits per heavy atom. The van der Waals surface area contributed by atoms with E-state index < -0.39 is 0 Å². The van der Waals surface area contributed by atoms with Crippen molar-refractivity contribution < 1.29 is 0 Å². The lowest BCUT2D eigenvalue weighted by molar-refractivity contribution is 0.589. The van der Waals surface area contributed by atoms with Crippen LogP contribution in [0.3, 0.4) is 0 Å². The van der Waals surface area contributed by atoms with Gasteiger partial charge in [-0.25, -0.2) is 0 Å². The summed E-state index contributed by atoms with van der Waals surface area (Å²) in [5, 5.41) is 10.3. The third kappa shape index (κ3) is 18.6. The van der Waals surface area contributed by atoms with Crippen LogP contribution in [0.5, 0.6) is 0 Å². The van der Waals surface area contributed by atoms with Crippen molar-refractivity contribution in [2.24, 2.45) is 0 Å². The topological polar surface area (TPSA) is 19.7 Å². The summed E-state index contributed by atoms with van der Waals surface area (Å²) in [6, 6.07) is 176. The van der Waals surface area contributed by atoms with E-state index in [0.717, 1.165) is 25.7 Å². The number of fused-ring (bicyclic) bond motifs is 12. The van der Waals surface area contributed by atoms with Gasteiger partial charge in [0.1, 0.15) is 0 Å². The van der Waals surface area contributed by atoms with E-state index in [4.69, 9.17) is 0 Å². The Labute approximate surface area is 811 Å². The van der Waals surface area contributed by atoms with Crippen LogP contribution in [-0.4, -0.2) is 18.3 Å². The number of aromatic nitrogens is 4. The second-order valence-electron chi connectivity index (χ2n) is 39.0. The van der Waals surface area contributed by atoms with E-state index in [1.165, 1.54) is 221 Å². The lowest BCUT2D eigenvalue weighted by Gasteiger charge is -2.19. The van der Waals surface area contributed by atoms with Crippen molar-refractivity contribution in [3.8, 4) is 67.3 Å². The number of rotatable bonds is 16. The molecule has 0 radical (unpaired) electrons. The maximum atomic E-state index is 2.36. The summed E-state index contributed by atoms with van der Waals surface area (Å²) in [6.45, 7) is 17.9. The highest BCUT2D eigenvalue weighted by Crippen LogP contribution is 2.42. The normalized spacial score (nSPS) is 11.6. The molecule has 0 atom stereocenters. The van der Waals surface area contributed by atoms with Crippen LogP contribution in [0.2, 0.25) is 0 Å². The Bertz CT molecular complexity index is 8450. The summed E-state index contributed by atoms with van der Waals surface area (Å²) < 4.78 is 9.45. The molecule has 24 rings (SSSR count). The Balaban J connectivity index is 0.000000110. The van der Waals surface area contributed by atoms with Gasteiger partial charge >= 0.3 is 0 Å². The molecule has 24 aromatic rings. The first-order chi connectivity index (χ1) is 67.5. The summed E-state index contributed by atoms with van der Waals surface area (Å²) in [5.74, 6) is 0. The largest absolute Gasteiger partial charge is 0.309 e. The molecule has 4 heterocycles. The molecule has 0 amide bonds. The highest BCUT2D eigenvalue weighted by molar-refractivity contribution is 6.14. The van der Waals surface area contributed by atoms with Crippen LogP contribution in [0.15, 0.2) is 485 Å². The Hall–Kier alpha value is -16.4. The molecule has 0 saturated heterocycles. The number of aryl methyl sites for hydroxylation is 2. The van der Waals surface area contributed by atoms with Gasteiger partial charge in [0.25, 0.3) is 0 Å². The quantitative estimate of drug-likeness (QED) is 0.0919. The van der Waals surface area contributed by atoms with Crippen molar-refractivity contribution >= 4 is 87.2 Å². The lowest BCUT2D eigenvalue weighted by atomic mass is 9.85. The Kier molecular flexibility index (Phi) is 24.6. The monoisotopic (exact) mass is 1780 g/mol. The zero-order valence-corrected chi connectivity index (χ0v) is 79.8. The zero-order valence-electron chi connectivity index (χ0n) is 79.8. The van der Waals surface area contributed by atoms with Crippen LogP contribution >= 0.6 is 0 Å². The molecule has 668 valence electrons. The van der Waals surface area contributed by atoms with Gasteiger partial charge in [-0.15, -0.1) is 0 Å². The van der Waals surface area contributed by atoms with Crippen LogP contribution in [0, 0.1) is 13.8 Å². The fourth-order valence-electron chi connectivity index (χ4n) is 20.1. The van der Waals surface area contributed by atoms with Gasteiger partial charge in [-0.1, -0.05) is 411 Å². The average molecular weight is 1780 g/mol. The Morgan fingerprint density at radius 3 is 0.732 bits per heavy atom. The Morgan fingerprint density at radius 1 is 0.167 bits per heavy atom. The van der Waals surface area contributed by atoms with Gasteiger partial charge in [0.2, 0.25) is 0 Å². The van der Waals surface area contributed by atoms with E-state index >= 15 is 0 Å². The number of nitrogens with zero attached hydrogens (tertiary/aromatic N) is 4. The molecule has 4 aromatic heterocycles. The van der Waals surface area contributed by atoms with Crippen molar-refractivity contribution in [1.82, 2.24) is 18.3 Å². The number of benzene rings is 20. The summed E-state index contributed by atoms with van der Waals surface area (Å²) in [7, 11) is 0. The van der Waals surface area contributed by atoms with Gasteiger partial charge in [0.15, 0.2) is 0 Å². The van der Waals surface area contributed by atoms with Crippen molar-refractivity contribution in [3.05, 3.63) is 552 Å². The fourth-order valence-corrected chi connectivity index (χ4v) is 20.1. The molecule has 4 heteroatoms. The van der Waals surface area contributed by atoms with Crippen LogP contribution in [0.25, 0.3) is 154 Å². The molecule has 20 aromatic carbocycles. The van der Waals surface area contributed by atoms with Gasteiger partial charge in [0.05, 0.1) is 44.1 Å². The van der Waals surface area contributed by atoms with Gasteiger partial charge in [-0.2, -0.15) is 0 Å². The van der Waals surface area contributed by atoms with E-state index in [1.807, 2.05) is 0 Å². The lowest BCUT2D eigenvalue weighted by Crippen LogP contribution is -2.11. The SMILES string of the molecule is CC(C)(C)c1ccc(Cc2ccc(-c3ccc4c(c3)c3ccccc3n4-c3ccccc3)cc2)cc1.CC(C)(C)c1cccc(Cc2ccc(-c3ccc4c(c3)c3ccccc3n4-c3ccccc3)cc2)c1.Cc1cccc(Cc2ccc(-c3ccc4c(c3)c3ccccc3n4-c3ccccc3)cc2)c1.Cc1ccccc1Cc1ccc(-c2ccc3c(c2)c2ccccc2n3-c2ccccc2)cc1. The molecule has 4 nitrogen and oxygen atoms in total. The zero-order chi connectivity index (χ0) is 93.8. The third-order valence-corrected chi connectivity index (χ3v) is 27.5. The molecular weight excluding hydrogens is 1670 g/mol. The highest BCUT2D eigenvalue weighted by atomic mass is 15.0. The first kappa shape index (κ1) is 88.2. The number of hydrogen-bond acceptors (Lipinski definition) is 0. The van der Waals surface area contributed by atoms with Crippen molar-refractivity contribution in [1.29, 1.82) is 0 Å². The standard InChI is InChI=1S/2C35H31N.2C32H25N/c1-35(2,3)29-11-9-10-26(23-29)22-25-16-18-27(19-17-25)28-20-21-34-32(24-28)31-14-7-8-15-33(31)36(34)30-12-5-4-6-13-30;1-35(2,3)29-20-15-26(16-21-29)23-25-13-17-27(18-14-25)28-19-22-34-32(24-28)31-11-7-8-12-33(31)36(34)30-9-5-4-6-10-30;1-23-8-7-9-25(20-23)21-24-14-16-26(17-15-24)27-18-19-32-30(22-27)29-12-5-6-13-31(29)33(32)28-10-3-2-4-11-28;1-23-9-5-6-10-26(23)21-24-15-17-25(18-16-24)27-19-20-32-30(22-27)29-13-7-8-14-31(29)33(32)28-11-3-2-4-12-28/h4-21,23-24H,22H2,1-3H3;4-22,24H,23H2,1-3H3;2*2-20,22H,21H2,1H3. The second-order valence-corrected chi connectivity index (χ2v) is 39.0. The van der Waals surface area contributed by atoms with Crippen LogP contribution in [0.1, 0.15) is 108 Å². The van der Waals surface area contributed by atoms with Crippen molar-refractivity contribution in [2.45, 2.75) is 91.9 Å². The maximum Gasteiger partial charge on any atom is 0.0541 e. The number of hydrogen-bond donors (Lipinski definition) is 0. The molecule has 0 unspecified atom stereocenters. The van der Waals surface area contributed by atoms with E-state index in [1.54, 1.807) is 0 Å². The van der Waals surface area contributed by atoms with E-state index in [2.05, 4.69) is 559 Å². The molecule has 0 saturated carbocycles. The van der Waals surface area contributed by atoms with Crippen molar-refractivity contribution in [2.75, 3.05) is 0 Å². The predicted octanol–water partition coefficient (Wildman–Crippen LogP) is 35.4. The van der Waals surface area contributed by atoms with E-state index in [0.29, 0.717) is 0 Å². The minimum atomic E-state index is 0.169. The highest BCUT2D eigenvalue weighted by Gasteiger charge is 2.22. The van der Waals surface area contributed by atoms with Gasteiger partial charge in [-0.3, -0.25) is 0 Å². The molecule has 0 aliphatic rings. The smallest absolute Gasteiger partial charge is 0.0541 e. The van der Waals surface area contributed by atoms with E-state index in [-0.39, 0.29) is 10.8 Å². The minimum absolute atomic E-state index is 0.169. The summed E-state index contributed by atoms with van der Waals surface area (Å²) in [4.78, 5) is 0. The molecule has 0 aliphatic carbocycles. The first-order valence-corrected chi connectivity index (χ1v) is 48.5. The fraction of sp³-hybridized carbons (Fsp3) is 0.104. The van der Waals surface area contributed by atoms with Crippen LogP contribution in [-0.2, 0) is 36.5 Å². The van der Waals surface area contributed by atoms with Gasteiger partial charge in [-0.05, 0) is 277 Å². The summed E-state index contributed by atoms with van der Waals surface area (Å²) in [6.07, 6.45) is 3.84. The molecule has 0 aliphatic heterocycles. The molecular formula is C134H112N4. The van der Waals surface area contributed by atoms with E-state index in [9.17, 15) is 0 Å².